The zero-order valence-corrected chi connectivity index (χ0v) is 12.9. The van der Waals surface area contributed by atoms with Crippen LogP contribution in [0.1, 0.15) is 32.9 Å². The molecule has 0 spiro atoms. The highest BCUT2D eigenvalue weighted by Crippen LogP contribution is 2.13. The molecule has 0 radical (unpaired) electrons. The first-order chi connectivity index (χ1) is 11.3. The second kappa shape index (κ2) is 6.83. The number of carbonyl (C=O) groups excluding carboxylic acids is 1. The summed E-state index contributed by atoms with van der Waals surface area (Å²) in [6, 6.07) is 18.2. The van der Waals surface area contributed by atoms with Crippen molar-refractivity contribution < 1.29 is 4.79 Å². The van der Waals surface area contributed by atoms with Gasteiger partial charge >= 0.3 is 0 Å². The van der Waals surface area contributed by atoms with E-state index in [1.54, 1.807) is 4.68 Å². The molecule has 114 valence electrons. The number of aromatic nitrogens is 3. The molecule has 4 heteroatoms. The predicted octanol–water partition coefficient (Wildman–Crippen LogP) is 3.62. The number of hydrogen-bond donors (Lipinski definition) is 0. The molecule has 0 aliphatic rings. The van der Waals surface area contributed by atoms with Crippen LogP contribution in [0.15, 0.2) is 54.6 Å². The Bertz CT molecular complexity index is 818. The van der Waals surface area contributed by atoms with Crippen LogP contribution in [-0.4, -0.2) is 21.3 Å². The van der Waals surface area contributed by atoms with Crippen LogP contribution in [0, 0.1) is 6.92 Å². The van der Waals surface area contributed by atoms with Gasteiger partial charge in [-0.3, -0.25) is 4.79 Å². The minimum Gasteiger partial charge on any atom is -0.296 e. The van der Waals surface area contributed by atoms with E-state index in [0.29, 0.717) is 17.9 Å². The molecular weight excluding hydrogens is 286 g/mol. The topological polar surface area (TPSA) is 47.8 Å². The van der Waals surface area contributed by atoms with Crippen LogP contribution in [0.5, 0.6) is 0 Å². The molecule has 0 amide bonds. The van der Waals surface area contributed by atoms with Gasteiger partial charge in [0.05, 0.1) is 12.2 Å². The van der Waals surface area contributed by atoms with Crippen molar-refractivity contribution >= 4 is 18.4 Å². The highest BCUT2D eigenvalue weighted by atomic mass is 16.1. The van der Waals surface area contributed by atoms with E-state index in [2.05, 4.69) is 29.4 Å². The summed E-state index contributed by atoms with van der Waals surface area (Å²) >= 11 is 0. The first-order valence-electron chi connectivity index (χ1n) is 7.43. The average Bonchev–Trinajstić information content (AvgIpc) is 2.97. The molecule has 0 saturated heterocycles. The quantitative estimate of drug-likeness (QED) is 0.676. The van der Waals surface area contributed by atoms with Crippen molar-refractivity contribution in [3.05, 3.63) is 82.7 Å². The van der Waals surface area contributed by atoms with E-state index in [1.165, 1.54) is 5.56 Å². The fraction of sp³-hybridized carbons (Fsp3) is 0.105. The second-order valence-corrected chi connectivity index (χ2v) is 5.37. The molecule has 0 N–H and O–H groups in total. The van der Waals surface area contributed by atoms with Crippen LogP contribution in [-0.2, 0) is 6.54 Å². The lowest BCUT2D eigenvalue weighted by Crippen LogP contribution is -2.04. The highest BCUT2D eigenvalue weighted by molar-refractivity contribution is 5.81. The van der Waals surface area contributed by atoms with Gasteiger partial charge in [0.15, 0.2) is 12.0 Å². The van der Waals surface area contributed by atoms with Crippen LogP contribution in [0.2, 0.25) is 0 Å². The Morgan fingerprint density at radius 3 is 2.43 bits per heavy atom. The molecule has 23 heavy (non-hydrogen) atoms. The summed E-state index contributed by atoms with van der Waals surface area (Å²) in [5.74, 6) is 0. The van der Waals surface area contributed by atoms with Crippen molar-refractivity contribution in [2.75, 3.05) is 0 Å². The molecule has 0 unspecified atom stereocenters. The number of hydrogen-bond acceptors (Lipinski definition) is 3. The van der Waals surface area contributed by atoms with Crippen LogP contribution in [0.4, 0.5) is 0 Å². The van der Waals surface area contributed by atoms with Crippen LogP contribution >= 0.6 is 0 Å². The fourth-order valence-corrected chi connectivity index (χ4v) is 2.32. The lowest BCUT2D eigenvalue weighted by Gasteiger charge is -2.04. The van der Waals surface area contributed by atoms with E-state index in [9.17, 15) is 4.79 Å². The standard InChI is InChI=1S/C19H17N3O/c1-15-7-9-16(10-8-15)11-12-19-18(14-23)20-21-22(19)13-17-5-3-2-4-6-17/h2-12,14H,13H2,1H3/b12-11+. The molecule has 3 rings (SSSR count). The van der Waals surface area contributed by atoms with Gasteiger partial charge < -0.3 is 0 Å². The van der Waals surface area contributed by atoms with Crippen molar-refractivity contribution in [2.45, 2.75) is 13.5 Å². The number of aryl methyl sites for hydroxylation is 1. The summed E-state index contributed by atoms with van der Waals surface area (Å²) < 4.78 is 1.74. The van der Waals surface area contributed by atoms with Crippen molar-refractivity contribution in [2.24, 2.45) is 0 Å². The van der Waals surface area contributed by atoms with Gasteiger partial charge in [0.25, 0.3) is 0 Å². The van der Waals surface area contributed by atoms with Crippen molar-refractivity contribution in [1.82, 2.24) is 15.0 Å². The molecular formula is C19H17N3O. The van der Waals surface area contributed by atoms with Crippen LogP contribution in [0.25, 0.3) is 12.2 Å². The lowest BCUT2D eigenvalue weighted by atomic mass is 10.1. The van der Waals surface area contributed by atoms with Gasteiger partial charge in [0.1, 0.15) is 0 Å². The Labute approximate surface area is 135 Å². The largest absolute Gasteiger partial charge is 0.296 e. The van der Waals surface area contributed by atoms with Gasteiger partial charge in [-0.05, 0) is 24.1 Å². The Kier molecular flexibility index (Phi) is 4.43. The smallest absolute Gasteiger partial charge is 0.172 e. The molecule has 1 heterocycles. The number of aldehydes is 1. The predicted molar refractivity (Wildman–Crippen MR) is 91.1 cm³/mol. The van der Waals surface area contributed by atoms with Gasteiger partial charge in [-0.15, -0.1) is 5.10 Å². The first kappa shape index (κ1) is 14.9. The zero-order valence-electron chi connectivity index (χ0n) is 12.9. The van der Waals surface area contributed by atoms with E-state index in [1.807, 2.05) is 54.6 Å². The van der Waals surface area contributed by atoms with E-state index in [0.717, 1.165) is 17.4 Å². The van der Waals surface area contributed by atoms with E-state index in [4.69, 9.17) is 0 Å². The molecule has 0 saturated carbocycles. The van der Waals surface area contributed by atoms with Gasteiger partial charge in [-0.25, -0.2) is 4.68 Å². The number of nitrogens with zero attached hydrogens (tertiary/aromatic N) is 3. The summed E-state index contributed by atoms with van der Waals surface area (Å²) in [5, 5.41) is 8.04. The second-order valence-electron chi connectivity index (χ2n) is 5.37. The average molecular weight is 303 g/mol. The molecule has 2 aromatic carbocycles. The van der Waals surface area contributed by atoms with Crippen LogP contribution in [0.3, 0.4) is 0 Å². The molecule has 0 bridgehead atoms. The SMILES string of the molecule is Cc1ccc(/C=C/c2c(C=O)nnn2Cc2ccccc2)cc1. The maximum absolute atomic E-state index is 11.2. The Morgan fingerprint density at radius 1 is 1.00 bits per heavy atom. The minimum absolute atomic E-state index is 0.351. The minimum atomic E-state index is 0.351. The third-order valence-electron chi connectivity index (χ3n) is 3.60. The monoisotopic (exact) mass is 303 g/mol. The molecule has 1 aromatic heterocycles. The molecule has 0 fully saturated rings. The number of benzene rings is 2. The molecule has 0 atom stereocenters. The molecule has 0 aliphatic heterocycles. The summed E-state index contributed by atoms with van der Waals surface area (Å²) in [6.07, 6.45) is 4.59. The summed E-state index contributed by atoms with van der Waals surface area (Å²) in [6.45, 7) is 2.63. The summed E-state index contributed by atoms with van der Waals surface area (Å²) in [7, 11) is 0. The molecule has 4 nitrogen and oxygen atoms in total. The number of carbonyl (C=O) groups is 1. The van der Waals surface area contributed by atoms with Crippen molar-refractivity contribution in [3.63, 3.8) is 0 Å². The maximum atomic E-state index is 11.2. The third kappa shape index (κ3) is 3.61. The lowest BCUT2D eigenvalue weighted by molar-refractivity contribution is 0.111. The Balaban J connectivity index is 1.89. The van der Waals surface area contributed by atoms with Gasteiger partial charge in [0, 0.05) is 0 Å². The maximum Gasteiger partial charge on any atom is 0.172 e. The first-order valence-corrected chi connectivity index (χ1v) is 7.43. The van der Waals surface area contributed by atoms with E-state index < -0.39 is 0 Å². The van der Waals surface area contributed by atoms with Crippen LogP contribution < -0.4 is 0 Å². The fourth-order valence-electron chi connectivity index (χ4n) is 2.32. The molecule has 0 aliphatic carbocycles. The number of rotatable bonds is 5. The Morgan fingerprint density at radius 2 is 1.74 bits per heavy atom. The summed E-state index contributed by atoms with van der Waals surface area (Å²) in [5.41, 5.74) is 4.46. The van der Waals surface area contributed by atoms with E-state index in [-0.39, 0.29) is 0 Å². The highest BCUT2D eigenvalue weighted by Gasteiger charge is 2.09. The van der Waals surface area contributed by atoms with Gasteiger partial charge in [0.2, 0.25) is 0 Å². The van der Waals surface area contributed by atoms with E-state index >= 15 is 0 Å². The zero-order chi connectivity index (χ0) is 16.1. The molecule has 3 aromatic rings. The normalized spacial score (nSPS) is 11.0. The van der Waals surface area contributed by atoms with Gasteiger partial charge in [-0.1, -0.05) is 71.5 Å². The third-order valence-corrected chi connectivity index (χ3v) is 3.60. The Hall–Kier alpha value is -3.01. The van der Waals surface area contributed by atoms with Gasteiger partial charge in [-0.2, -0.15) is 0 Å². The summed E-state index contributed by atoms with van der Waals surface area (Å²) in [4.78, 5) is 11.2. The van der Waals surface area contributed by atoms with Crippen molar-refractivity contribution in [3.8, 4) is 0 Å². The van der Waals surface area contributed by atoms with Crippen molar-refractivity contribution in [1.29, 1.82) is 0 Å².